The topological polar surface area (TPSA) is 59.2 Å². The summed E-state index contributed by atoms with van der Waals surface area (Å²) in [5.74, 6) is -0.104. The summed E-state index contributed by atoms with van der Waals surface area (Å²) < 4.78 is 0. The Labute approximate surface area is 160 Å². The molecule has 0 radical (unpaired) electrons. The van der Waals surface area contributed by atoms with Gasteiger partial charge in [0.1, 0.15) is 5.15 Å². The van der Waals surface area contributed by atoms with Gasteiger partial charge in [-0.15, -0.1) is 0 Å². The Kier molecular flexibility index (Phi) is 5.35. The van der Waals surface area contributed by atoms with Crippen LogP contribution in [0.3, 0.4) is 0 Å². The fraction of sp³-hybridized carbons (Fsp3) is 0.429. The fourth-order valence-corrected chi connectivity index (χ4v) is 3.51. The first-order valence-corrected chi connectivity index (χ1v) is 9.48. The summed E-state index contributed by atoms with van der Waals surface area (Å²) in [5.41, 5.74) is 9.45. The molecule has 2 heterocycles. The van der Waals surface area contributed by atoms with E-state index in [2.05, 4.69) is 31.8 Å². The Morgan fingerprint density at radius 3 is 2.62 bits per heavy atom. The highest BCUT2D eigenvalue weighted by Crippen LogP contribution is 2.32. The molecule has 0 fully saturated rings. The summed E-state index contributed by atoms with van der Waals surface area (Å²) in [4.78, 5) is 19.4. The molecule has 5 heteroatoms. The van der Waals surface area contributed by atoms with Crippen molar-refractivity contribution in [2.45, 2.75) is 46.1 Å². The molecule has 1 amide bonds. The summed E-state index contributed by atoms with van der Waals surface area (Å²) in [6, 6.07) is 11.4. The van der Waals surface area contributed by atoms with Gasteiger partial charge in [0.15, 0.2) is 0 Å². The molecule has 3 rings (SSSR count). The lowest BCUT2D eigenvalue weighted by molar-refractivity contribution is 0.0986. The lowest BCUT2D eigenvalue weighted by atomic mass is 9.85. The number of carbonyl (C=O) groups is 1. The zero-order valence-electron chi connectivity index (χ0n) is 15.6. The average Bonchev–Trinajstić information content (AvgIpc) is 2.82. The summed E-state index contributed by atoms with van der Waals surface area (Å²) in [6.45, 7) is 6.86. The van der Waals surface area contributed by atoms with Gasteiger partial charge in [-0.2, -0.15) is 0 Å². The highest BCUT2D eigenvalue weighted by atomic mass is 35.5. The van der Waals surface area contributed by atoms with Gasteiger partial charge in [-0.3, -0.25) is 4.79 Å². The molecule has 1 unspecified atom stereocenters. The summed E-state index contributed by atoms with van der Waals surface area (Å²) in [6.07, 6.45) is 3.04. The molecule has 26 heavy (non-hydrogen) atoms. The van der Waals surface area contributed by atoms with Crippen LogP contribution >= 0.6 is 11.6 Å². The average molecular weight is 372 g/mol. The number of anilines is 1. The normalized spacial score (nSPS) is 16.0. The van der Waals surface area contributed by atoms with Crippen LogP contribution in [-0.2, 0) is 6.42 Å². The third kappa shape index (κ3) is 3.76. The van der Waals surface area contributed by atoms with Gasteiger partial charge in [-0.1, -0.05) is 50.6 Å². The second kappa shape index (κ2) is 7.37. The van der Waals surface area contributed by atoms with Crippen molar-refractivity contribution in [2.75, 3.05) is 11.4 Å². The van der Waals surface area contributed by atoms with E-state index in [1.807, 2.05) is 29.2 Å². The zero-order chi connectivity index (χ0) is 18.9. The van der Waals surface area contributed by atoms with Crippen molar-refractivity contribution >= 4 is 23.2 Å². The maximum absolute atomic E-state index is 13.2. The maximum Gasteiger partial charge on any atom is 0.261 e. The number of nitrogens with two attached hydrogens (primary N) is 1. The number of amides is 1. The van der Waals surface area contributed by atoms with Gasteiger partial charge in [0.2, 0.25) is 0 Å². The number of hydrogen-bond donors (Lipinski definition) is 1. The largest absolute Gasteiger partial charge is 0.322 e. The van der Waals surface area contributed by atoms with Gasteiger partial charge in [0.05, 0.1) is 17.3 Å². The van der Waals surface area contributed by atoms with Crippen LogP contribution in [0.15, 0.2) is 36.4 Å². The van der Waals surface area contributed by atoms with Crippen LogP contribution in [-0.4, -0.2) is 17.4 Å². The number of pyridine rings is 1. The van der Waals surface area contributed by atoms with Crippen molar-refractivity contribution in [3.8, 4) is 0 Å². The van der Waals surface area contributed by atoms with E-state index < -0.39 is 0 Å². The molecule has 0 saturated carbocycles. The van der Waals surface area contributed by atoms with E-state index in [0.717, 1.165) is 24.9 Å². The predicted molar refractivity (Wildman–Crippen MR) is 107 cm³/mol. The quantitative estimate of drug-likeness (QED) is 0.774. The first-order valence-electron chi connectivity index (χ1n) is 9.11. The van der Waals surface area contributed by atoms with Crippen LogP contribution in [0.1, 0.15) is 61.3 Å². The molecular weight excluding hydrogens is 346 g/mol. The predicted octanol–water partition coefficient (Wildman–Crippen LogP) is 4.76. The van der Waals surface area contributed by atoms with Gasteiger partial charge in [-0.05, 0) is 48.4 Å². The van der Waals surface area contributed by atoms with E-state index in [0.29, 0.717) is 17.8 Å². The second-order valence-corrected chi connectivity index (χ2v) is 8.32. The second-order valence-electron chi connectivity index (χ2n) is 7.96. The Morgan fingerprint density at radius 2 is 1.92 bits per heavy atom. The third-order valence-electron chi connectivity index (χ3n) is 4.96. The van der Waals surface area contributed by atoms with Crippen LogP contribution in [0.4, 0.5) is 5.69 Å². The lowest BCUT2D eigenvalue weighted by Crippen LogP contribution is -2.32. The summed E-state index contributed by atoms with van der Waals surface area (Å²) >= 11 is 6.39. The zero-order valence-corrected chi connectivity index (χ0v) is 16.4. The fourth-order valence-electron chi connectivity index (χ4n) is 3.27. The molecule has 138 valence electrons. The SMILES string of the molecule is CC(C)(C)C(N)c1ccc(C(=O)N2CCCCc3ccccc32)c(Cl)n1. The number of carbonyl (C=O) groups excluding carboxylic acids is 1. The molecular formula is C21H26ClN3O. The van der Waals surface area contributed by atoms with Crippen LogP contribution in [0, 0.1) is 5.41 Å². The van der Waals surface area contributed by atoms with E-state index in [9.17, 15) is 4.79 Å². The number of nitrogens with zero attached hydrogens (tertiary/aromatic N) is 2. The Bertz CT molecular complexity index is 813. The first kappa shape index (κ1) is 18.9. The van der Waals surface area contributed by atoms with E-state index in [-0.39, 0.29) is 22.5 Å². The first-order chi connectivity index (χ1) is 12.3. The van der Waals surface area contributed by atoms with Crippen LogP contribution < -0.4 is 10.6 Å². The highest BCUT2D eigenvalue weighted by Gasteiger charge is 2.27. The molecule has 1 aromatic heterocycles. The molecule has 1 atom stereocenters. The number of rotatable bonds is 2. The van der Waals surface area contributed by atoms with Crippen molar-refractivity contribution in [1.82, 2.24) is 4.98 Å². The Hall–Kier alpha value is -1.91. The number of para-hydroxylation sites is 1. The Balaban J connectivity index is 1.93. The van der Waals surface area contributed by atoms with E-state index in [1.54, 1.807) is 6.07 Å². The van der Waals surface area contributed by atoms with Crippen molar-refractivity contribution in [2.24, 2.45) is 11.1 Å². The number of halogens is 1. The molecule has 0 saturated heterocycles. The van der Waals surface area contributed by atoms with Crippen LogP contribution in [0.25, 0.3) is 0 Å². The van der Waals surface area contributed by atoms with Crippen molar-refractivity contribution < 1.29 is 4.79 Å². The lowest BCUT2D eigenvalue weighted by Gasteiger charge is -2.27. The highest BCUT2D eigenvalue weighted by molar-refractivity contribution is 6.33. The minimum Gasteiger partial charge on any atom is -0.322 e. The molecule has 0 aliphatic carbocycles. The molecule has 0 bridgehead atoms. The van der Waals surface area contributed by atoms with Crippen molar-refractivity contribution in [1.29, 1.82) is 0 Å². The van der Waals surface area contributed by atoms with Crippen LogP contribution in [0.5, 0.6) is 0 Å². The number of benzene rings is 1. The van der Waals surface area contributed by atoms with E-state index >= 15 is 0 Å². The monoisotopic (exact) mass is 371 g/mol. The molecule has 1 aliphatic heterocycles. The molecule has 0 spiro atoms. The van der Waals surface area contributed by atoms with E-state index in [1.165, 1.54) is 5.56 Å². The number of fused-ring (bicyclic) bond motifs is 1. The standard InChI is InChI=1S/C21H26ClN3O/c1-21(2,3)18(23)16-12-11-15(19(22)24-16)20(26)25-13-7-6-9-14-8-4-5-10-17(14)25/h4-5,8,10-12,18H,6-7,9,13,23H2,1-3H3. The van der Waals surface area contributed by atoms with Crippen molar-refractivity contribution in [3.63, 3.8) is 0 Å². The molecule has 1 aliphatic rings. The number of hydrogen-bond acceptors (Lipinski definition) is 3. The number of aryl methyl sites for hydroxylation is 1. The van der Waals surface area contributed by atoms with Gasteiger partial charge in [0.25, 0.3) is 5.91 Å². The van der Waals surface area contributed by atoms with Crippen molar-refractivity contribution in [3.05, 3.63) is 58.4 Å². The molecule has 4 nitrogen and oxygen atoms in total. The smallest absolute Gasteiger partial charge is 0.261 e. The van der Waals surface area contributed by atoms with Gasteiger partial charge in [-0.25, -0.2) is 4.98 Å². The molecule has 2 N–H and O–H groups in total. The van der Waals surface area contributed by atoms with Gasteiger partial charge in [0, 0.05) is 12.2 Å². The number of aromatic nitrogens is 1. The summed E-state index contributed by atoms with van der Waals surface area (Å²) in [7, 11) is 0. The molecule has 1 aromatic carbocycles. The van der Waals surface area contributed by atoms with Crippen LogP contribution in [0.2, 0.25) is 5.15 Å². The van der Waals surface area contributed by atoms with E-state index in [4.69, 9.17) is 17.3 Å². The Morgan fingerprint density at radius 1 is 1.19 bits per heavy atom. The minimum atomic E-state index is -0.247. The summed E-state index contributed by atoms with van der Waals surface area (Å²) in [5, 5.41) is 0.217. The van der Waals surface area contributed by atoms with Gasteiger partial charge < -0.3 is 10.6 Å². The maximum atomic E-state index is 13.2. The minimum absolute atomic E-state index is 0.104. The molecule has 2 aromatic rings. The third-order valence-corrected chi connectivity index (χ3v) is 5.25. The van der Waals surface area contributed by atoms with Gasteiger partial charge >= 0.3 is 0 Å².